The summed E-state index contributed by atoms with van der Waals surface area (Å²) in [4.78, 5) is 22.0. The maximum Gasteiger partial charge on any atom is 0.234 e. The normalized spacial score (nSPS) is 13.4. The second-order valence-electron chi connectivity index (χ2n) is 6.58. The number of anilines is 1. The highest BCUT2D eigenvalue weighted by atomic mass is 32.2. The van der Waals surface area contributed by atoms with Gasteiger partial charge in [0.05, 0.1) is 31.2 Å². The van der Waals surface area contributed by atoms with E-state index in [2.05, 4.69) is 10.3 Å². The Morgan fingerprint density at radius 3 is 2.71 bits per heavy atom. The molecular formula is C21H21N3O3S. The molecule has 0 atom stereocenters. The fraction of sp³-hybridized carbons (Fsp3) is 0.286. The van der Waals surface area contributed by atoms with Crippen LogP contribution in [0, 0.1) is 0 Å². The van der Waals surface area contributed by atoms with E-state index < -0.39 is 0 Å². The Bertz CT molecular complexity index is 1020. The molecule has 6 nitrogen and oxygen atoms in total. The van der Waals surface area contributed by atoms with Crippen molar-refractivity contribution in [2.45, 2.75) is 23.8 Å². The third kappa shape index (κ3) is 4.04. The number of nitrogens with one attached hydrogen (secondary N) is 1. The zero-order chi connectivity index (χ0) is 19.5. The van der Waals surface area contributed by atoms with Gasteiger partial charge in [-0.3, -0.25) is 4.79 Å². The summed E-state index contributed by atoms with van der Waals surface area (Å²) >= 11 is 1.42. The van der Waals surface area contributed by atoms with Gasteiger partial charge in [0.2, 0.25) is 5.91 Å². The van der Waals surface area contributed by atoms with Crippen LogP contribution in [0.15, 0.2) is 47.5 Å². The molecule has 28 heavy (non-hydrogen) atoms. The Kier molecular flexibility index (Phi) is 5.34. The summed E-state index contributed by atoms with van der Waals surface area (Å²) in [5, 5.41) is 4.72. The summed E-state index contributed by atoms with van der Waals surface area (Å²) in [6.45, 7) is 0. The second kappa shape index (κ2) is 8.06. The minimum atomic E-state index is -0.132. The van der Waals surface area contributed by atoms with E-state index >= 15 is 0 Å². The van der Waals surface area contributed by atoms with Crippen LogP contribution in [0.3, 0.4) is 0 Å². The van der Waals surface area contributed by atoms with Gasteiger partial charge in [-0.25, -0.2) is 9.97 Å². The van der Waals surface area contributed by atoms with Crippen LogP contribution in [0.1, 0.15) is 24.6 Å². The SMILES string of the molecule is COc1ccc(OC)c(NC(=O)CSc2nc(C3CC3)nc3ccccc23)c1. The lowest BCUT2D eigenvalue weighted by Gasteiger charge is -2.12. The smallest absolute Gasteiger partial charge is 0.234 e. The van der Waals surface area contributed by atoms with E-state index in [0.717, 1.165) is 34.6 Å². The number of hydrogen-bond donors (Lipinski definition) is 1. The molecule has 1 amide bonds. The summed E-state index contributed by atoms with van der Waals surface area (Å²) in [6.07, 6.45) is 2.27. The third-order valence-corrected chi connectivity index (χ3v) is 5.54. The molecule has 0 radical (unpaired) electrons. The molecule has 1 heterocycles. The van der Waals surface area contributed by atoms with Gasteiger partial charge in [0.25, 0.3) is 0 Å². The van der Waals surface area contributed by atoms with Crippen LogP contribution in [0.5, 0.6) is 11.5 Å². The number of benzene rings is 2. The van der Waals surface area contributed by atoms with Gasteiger partial charge in [0.1, 0.15) is 22.3 Å². The first-order chi connectivity index (χ1) is 13.7. The van der Waals surface area contributed by atoms with Gasteiger partial charge in [-0.1, -0.05) is 30.0 Å². The van der Waals surface area contributed by atoms with Crippen molar-refractivity contribution < 1.29 is 14.3 Å². The number of para-hydroxylation sites is 1. The van der Waals surface area contributed by atoms with Crippen molar-refractivity contribution in [3.63, 3.8) is 0 Å². The minimum absolute atomic E-state index is 0.132. The van der Waals surface area contributed by atoms with Crippen molar-refractivity contribution in [3.05, 3.63) is 48.3 Å². The van der Waals surface area contributed by atoms with Crippen molar-refractivity contribution in [1.29, 1.82) is 0 Å². The molecule has 1 aromatic heterocycles. The van der Waals surface area contributed by atoms with Gasteiger partial charge in [0.15, 0.2) is 0 Å². The zero-order valence-corrected chi connectivity index (χ0v) is 16.6. The van der Waals surface area contributed by atoms with Gasteiger partial charge < -0.3 is 14.8 Å². The maximum absolute atomic E-state index is 12.5. The molecule has 1 aliphatic carbocycles. The van der Waals surface area contributed by atoms with Crippen molar-refractivity contribution >= 4 is 34.3 Å². The van der Waals surface area contributed by atoms with Crippen LogP contribution in [0.4, 0.5) is 5.69 Å². The van der Waals surface area contributed by atoms with Gasteiger partial charge in [0, 0.05) is 17.4 Å². The molecule has 3 aromatic rings. The van der Waals surface area contributed by atoms with Crippen LogP contribution >= 0.6 is 11.8 Å². The Hall–Kier alpha value is -2.80. The van der Waals surface area contributed by atoms with Crippen LogP contribution < -0.4 is 14.8 Å². The number of carbonyl (C=O) groups is 1. The van der Waals surface area contributed by atoms with Crippen molar-refractivity contribution in [2.75, 3.05) is 25.3 Å². The largest absolute Gasteiger partial charge is 0.497 e. The lowest BCUT2D eigenvalue weighted by atomic mass is 10.2. The first-order valence-electron chi connectivity index (χ1n) is 9.09. The molecule has 7 heteroatoms. The van der Waals surface area contributed by atoms with Gasteiger partial charge in [-0.05, 0) is 31.0 Å². The average molecular weight is 395 g/mol. The van der Waals surface area contributed by atoms with E-state index in [0.29, 0.717) is 23.1 Å². The minimum Gasteiger partial charge on any atom is -0.497 e. The fourth-order valence-electron chi connectivity index (χ4n) is 2.93. The summed E-state index contributed by atoms with van der Waals surface area (Å²) in [6, 6.07) is 13.2. The summed E-state index contributed by atoms with van der Waals surface area (Å²) in [7, 11) is 3.15. The van der Waals surface area contributed by atoms with E-state index in [4.69, 9.17) is 14.5 Å². The number of rotatable bonds is 7. The number of nitrogens with zero attached hydrogens (tertiary/aromatic N) is 2. The molecule has 0 aliphatic heterocycles. The lowest BCUT2D eigenvalue weighted by Crippen LogP contribution is -2.15. The van der Waals surface area contributed by atoms with Gasteiger partial charge in [-0.15, -0.1) is 0 Å². The van der Waals surface area contributed by atoms with Crippen LogP contribution in [0.2, 0.25) is 0 Å². The number of thioether (sulfide) groups is 1. The van der Waals surface area contributed by atoms with Crippen LogP contribution in [-0.4, -0.2) is 35.8 Å². The number of ether oxygens (including phenoxy) is 2. The van der Waals surface area contributed by atoms with E-state index in [9.17, 15) is 4.79 Å². The molecule has 1 N–H and O–H groups in total. The highest BCUT2D eigenvalue weighted by Crippen LogP contribution is 2.40. The number of carbonyl (C=O) groups excluding carboxylic acids is 1. The molecular weight excluding hydrogens is 374 g/mol. The highest BCUT2D eigenvalue weighted by Gasteiger charge is 2.27. The summed E-state index contributed by atoms with van der Waals surface area (Å²) in [5.74, 6) is 2.69. The van der Waals surface area contributed by atoms with Gasteiger partial charge >= 0.3 is 0 Å². The van der Waals surface area contributed by atoms with E-state index in [1.165, 1.54) is 11.8 Å². The van der Waals surface area contributed by atoms with Crippen molar-refractivity contribution in [2.24, 2.45) is 0 Å². The molecule has 4 rings (SSSR count). The fourth-order valence-corrected chi connectivity index (χ4v) is 3.76. The lowest BCUT2D eigenvalue weighted by molar-refractivity contribution is -0.113. The Labute approximate surface area is 167 Å². The van der Waals surface area contributed by atoms with E-state index in [1.54, 1.807) is 32.4 Å². The van der Waals surface area contributed by atoms with E-state index in [1.807, 2.05) is 24.3 Å². The maximum atomic E-state index is 12.5. The molecule has 1 aliphatic rings. The first kappa shape index (κ1) is 18.6. The number of amides is 1. The van der Waals surface area contributed by atoms with E-state index in [-0.39, 0.29) is 11.7 Å². The quantitative estimate of drug-likeness (QED) is 0.476. The number of fused-ring (bicyclic) bond motifs is 1. The average Bonchev–Trinajstić information content (AvgIpc) is 3.57. The predicted molar refractivity (Wildman–Crippen MR) is 110 cm³/mol. The third-order valence-electron chi connectivity index (χ3n) is 4.55. The molecule has 0 unspecified atom stereocenters. The molecule has 0 spiro atoms. The van der Waals surface area contributed by atoms with Crippen LogP contribution in [0.25, 0.3) is 10.9 Å². The number of methoxy groups -OCH3 is 2. The molecule has 144 valence electrons. The highest BCUT2D eigenvalue weighted by molar-refractivity contribution is 8.00. The Balaban J connectivity index is 1.51. The molecule has 1 fully saturated rings. The number of hydrogen-bond acceptors (Lipinski definition) is 6. The zero-order valence-electron chi connectivity index (χ0n) is 15.8. The predicted octanol–water partition coefficient (Wildman–Crippen LogP) is 4.26. The standard InChI is InChI=1S/C21H21N3O3S/c1-26-14-9-10-18(27-2)17(11-14)22-19(25)12-28-21-15-5-3-4-6-16(15)23-20(24-21)13-7-8-13/h3-6,9-11,13H,7-8,12H2,1-2H3,(H,22,25). The van der Waals surface area contributed by atoms with Crippen LogP contribution in [-0.2, 0) is 4.79 Å². The Morgan fingerprint density at radius 1 is 1.14 bits per heavy atom. The van der Waals surface area contributed by atoms with Crippen molar-refractivity contribution in [1.82, 2.24) is 9.97 Å². The topological polar surface area (TPSA) is 73.3 Å². The second-order valence-corrected chi connectivity index (χ2v) is 7.55. The molecule has 1 saturated carbocycles. The Morgan fingerprint density at radius 2 is 1.96 bits per heavy atom. The number of aromatic nitrogens is 2. The van der Waals surface area contributed by atoms with Gasteiger partial charge in [-0.2, -0.15) is 0 Å². The molecule has 2 aromatic carbocycles. The molecule has 0 saturated heterocycles. The van der Waals surface area contributed by atoms with Crippen molar-refractivity contribution in [3.8, 4) is 11.5 Å². The summed E-state index contributed by atoms with van der Waals surface area (Å²) in [5.41, 5.74) is 1.51. The summed E-state index contributed by atoms with van der Waals surface area (Å²) < 4.78 is 10.5. The molecule has 0 bridgehead atoms. The monoisotopic (exact) mass is 395 g/mol. The first-order valence-corrected chi connectivity index (χ1v) is 10.1.